The summed E-state index contributed by atoms with van der Waals surface area (Å²) < 4.78 is 0. The molecule has 0 aromatic rings. The van der Waals surface area contributed by atoms with Crippen molar-refractivity contribution in [2.24, 2.45) is 5.92 Å². The molecule has 0 bridgehead atoms. The first-order chi connectivity index (χ1) is 5.22. The Morgan fingerprint density at radius 1 is 1.18 bits per heavy atom. The van der Waals surface area contributed by atoms with Gasteiger partial charge in [0.2, 0.25) is 0 Å². The molecule has 0 aliphatic rings. The van der Waals surface area contributed by atoms with E-state index >= 15 is 0 Å². The fourth-order valence-corrected chi connectivity index (χ4v) is 1.16. The van der Waals surface area contributed by atoms with Gasteiger partial charge in [-0.05, 0) is 12.3 Å². The second-order valence-corrected chi connectivity index (χ2v) is 3.45. The third-order valence-electron chi connectivity index (χ3n) is 2.40. The van der Waals surface area contributed by atoms with Crippen LogP contribution in [0.3, 0.4) is 0 Å². The summed E-state index contributed by atoms with van der Waals surface area (Å²) in [5.74, 6) is 0.479. The maximum Gasteiger partial charge on any atom is 0.0565 e. The lowest BCUT2D eigenvalue weighted by Gasteiger charge is -2.16. The van der Waals surface area contributed by atoms with E-state index in [2.05, 4.69) is 20.8 Å². The van der Waals surface area contributed by atoms with Gasteiger partial charge in [-0.1, -0.05) is 46.5 Å². The van der Waals surface area contributed by atoms with Gasteiger partial charge in [-0.3, -0.25) is 0 Å². The molecule has 0 rings (SSSR count). The third-order valence-corrected chi connectivity index (χ3v) is 2.40. The van der Waals surface area contributed by atoms with Crippen LogP contribution in [0, 0.1) is 5.92 Å². The maximum atomic E-state index is 9.54. The Kier molecular flexibility index (Phi) is 6.63. The quantitative estimate of drug-likeness (QED) is 0.589. The molecule has 0 amide bonds. The molecule has 1 N–H and O–H groups in total. The summed E-state index contributed by atoms with van der Waals surface area (Å²) in [6.07, 6.45) is 5.70. The summed E-state index contributed by atoms with van der Waals surface area (Å²) >= 11 is 0. The molecule has 0 fully saturated rings. The molecular formula is C10H22O. The van der Waals surface area contributed by atoms with Gasteiger partial charge >= 0.3 is 0 Å². The van der Waals surface area contributed by atoms with Crippen molar-refractivity contribution in [2.75, 3.05) is 0 Å². The van der Waals surface area contributed by atoms with E-state index in [1.165, 1.54) is 19.3 Å². The van der Waals surface area contributed by atoms with Crippen LogP contribution in [0.5, 0.6) is 0 Å². The lowest BCUT2D eigenvalue weighted by molar-refractivity contribution is 0.103. The Morgan fingerprint density at radius 3 is 2.27 bits per heavy atom. The number of aliphatic hydroxyl groups excluding tert-OH is 1. The molecule has 0 aromatic carbocycles. The second kappa shape index (κ2) is 6.66. The smallest absolute Gasteiger partial charge is 0.0565 e. The average molecular weight is 158 g/mol. The molecule has 1 heteroatoms. The van der Waals surface area contributed by atoms with Gasteiger partial charge in [0.15, 0.2) is 0 Å². The van der Waals surface area contributed by atoms with Crippen LogP contribution in [0.1, 0.15) is 52.9 Å². The van der Waals surface area contributed by atoms with Crippen LogP contribution in [0.2, 0.25) is 0 Å². The summed E-state index contributed by atoms with van der Waals surface area (Å²) in [7, 11) is 0. The number of aliphatic hydroxyl groups is 1. The molecule has 2 atom stereocenters. The van der Waals surface area contributed by atoms with E-state index in [0.29, 0.717) is 5.92 Å². The minimum atomic E-state index is -0.0634. The van der Waals surface area contributed by atoms with Gasteiger partial charge in [0.25, 0.3) is 0 Å². The predicted octanol–water partition coefficient (Wildman–Crippen LogP) is 2.97. The zero-order valence-electron chi connectivity index (χ0n) is 8.14. The van der Waals surface area contributed by atoms with Gasteiger partial charge in [-0.15, -0.1) is 0 Å². The summed E-state index contributed by atoms with van der Waals surface area (Å²) in [4.78, 5) is 0. The van der Waals surface area contributed by atoms with E-state index in [4.69, 9.17) is 0 Å². The molecule has 0 saturated carbocycles. The first kappa shape index (κ1) is 11.0. The van der Waals surface area contributed by atoms with E-state index in [9.17, 15) is 5.11 Å². The Labute approximate surface area is 70.8 Å². The fraction of sp³-hybridized carbons (Fsp3) is 1.00. The zero-order valence-corrected chi connectivity index (χ0v) is 8.14. The van der Waals surface area contributed by atoms with Crippen LogP contribution in [-0.2, 0) is 0 Å². The standard InChI is InChI=1S/C10H22O/c1-4-6-7-8-10(11)9(3)5-2/h9-11H,4-8H2,1-3H3. The van der Waals surface area contributed by atoms with Crippen molar-refractivity contribution < 1.29 is 5.11 Å². The highest BCUT2D eigenvalue weighted by atomic mass is 16.3. The zero-order chi connectivity index (χ0) is 8.69. The SMILES string of the molecule is CCCCCC(O)C(C)CC. The molecule has 0 radical (unpaired) electrons. The molecule has 0 spiro atoms. The number of rotatable bonds is 6. The van der Waals surface area contributed by atoms with Crippen LogP contribution in [-0.4, -0.2) is 11.2 Å². The molecule has 0 heterocycles. The van der Waals surface area contributed by atoms with E-state index in [-0.39, 0.29) is 6.10 Å². The highest BCUT2D eigenvalue weighted by Crippen LogP contribution is 2.13. The molecule has 68 valence electrons. The fourth-order valence-electron chi connectivity index (χ4n) is 1.16. The van der Waals surface area contributed by atoms with Crippen molar-refractivity contribution in [1.82, 2.24) is 0 Å². The van der Waals surface area contributed by atoms with Gasteiger partial charge in [0, 0.05) is 0 Å². The minimum Gasteiger partial charge on any atom is -0.393 e. The Balaban J connectivity index is 3.28. The van der Waals surface area contributed by atoms with E-state index in [1.807, 2.05) is 0 Å². The van der Waals surface area contributed by atoms with Crippen molar-refractivity contribution in [3.63, 3.8) is 0 Å². The van der Waals surface area contributed by atoms with Crippen molar-refractivity contribution in [1.29, 1.82) is 0 Å². The molecule has 11 heavy (non-hydrogen) atoms. The first-order valence-electron chi connectivity index (χ1n) is 4.90. The molecule has 0 aliphatic heterocycles. The van der Waals surface area contributed by atoms with Crippen molar-refractivity contribution in [2.45, 2.75) is 59.0 Å². The van der Waals surface area contributed by atoms with Crippen molar-refractivity contribution in [3.05, 3.63) is 0 Å². The van der Waals surface area contributed by atoms with Gasteiger partial charge in [0.1, 0.15) is 0 Å². The van der Waals surface area contributed by atoms with E-state index < -0.39 is 0 Å². The van der Waals surface area contributed by atoms with E-state index in [1.54, 1.807) is 0 Å². The van der Waals surface area contributed by atoms with Crippen LogP contribution in [0.4, 0.5) is 0 Å². The van der Waals surface area contributed by atoms with Crippen molar-refractivity contribution in [3.8, 4) is 0 Å². The highest BCUT2D eigenvalue weighted by Gasteiger charge is 2.10. The second-order valence-electron chi connectivity index (χ2n) is 3.45. The third kappa shape index (κ3) is 5.25. The maximum absolute atomic E-state index is 9.54. The monoisotopic (exact) mass is 158 g/mol. The molecule has 2 unspecified atom stereocenters. The topological polar surface area (TPSA) is 20.2 Å². The Morgan fingerprint density at radius 2 is 1.82 bits per heavy atom. The van der Waals surface area contributed by atoms with Crippen molar-refractivity contribution >= 4 is 0 Å². The molecule has 0 aromatic heterocycles. The number of hydrogen-bond acceptors (Lipinski definition) is 1. The highest BCUT2D eigenvalue weighted by molar-refractivity contribution is 4.62. The lowest BCUT2D eigenvalue weighted by Crippen LogP contribution is -2.16. The first-order valence-corrected chi connectivity index (χ1v) is 4.90. The average Bonchev–Trinajstić information content (AvgIpc) is 2.03. The molecule has 1 nitrogen and oxygen atoms in total. The van der Waals surface area contributed by atoms with Gasteiger partial charge in [-0.2, -0.15) is 0 Å². The molecule has 0 aliphatic carbocycles. The Bertz CT molecular complexity index is 80.9. The summed E-state index contributed by atoms with van der Waals surface area (Å²) in [5, 5.41) is 9.54. The normalized spacial score (nSPS) is 16.4. The van der Waals surface area contributed by atoms with Crippen LogP contribution >= 0.6 is 0 Å². The van der Waals surface area contributed by atoms with E-state index in [0.717, 1.165) is 12.8 Å². The van der Waals surface area contributed by atoms with Gasteiger partial charge < -0.3 is 5.11 Å². The van der Waals surface area contributed by atoms with Crippen LogP contribution in [0.25, 0.3) is 0 Å². The number of hydrogen-bond donors (Lipinski definition) is 1. The summed E-state index contributed by atoms with van der Waals surface area (Å²) in [6.45, 7) is 6.44. The largest absolute Gasteiger partial charge is 0.393 e. The minimum absolute atomic E-state index is 0.0634. The molecule has 0 saturated heterocycles. The molecular weight excluding hydrogens is 136 g/mol. The Hall–Kier alpha value is -0.0400. The predicted molar refractivity (Wildman–Crippen MR) is 49.6 cm³/mol. The van der Waals surface area contributed by atoms with Gasteiger partial charge in [-0.25, -0.2) is 0 Å². The summed E-state index contributed by atoms with van der Waals surface area (Å²) in [6, 6.07) is 0. The van der Waals surface area contributed by atoms with Crippen LogP contribution < -0.4 is 0 Å². The number of unbranched alkanes of at least 4 members (excludes halogenated alkanes) is 2. The summed E-state index contributed by atoms with van der Waals surface area (Å²) in [5.41, 5.74) is 0. The van der Waals surface area contributed by atoms with Gasteiger partial charge in [0.05, 0.1) is 6.10 Å². The van der Waals surface area contributed by atoms with Crippen LogP contribution in [0.15, 0.2) is 0 Å². The lowest BCUT2D eigenvalue weighted by atomic mass is 9.97.